The molecule has 0 saturated carbocycles. The molecule has 7 heteroatoms. The molecular formula is C18H22FN3O3. The van der Waals surface area contributed by atoms with Crippen LogP contribution in [0.2, 0.25) is 0 Å². The number of benzene rings is 1. The Labute approximate surface area is 145 Å². The van der Waals surface area contributed by atoms with Crippen LogP contribution in [0.1, 0.15) is 42.4 Å². The number of aliphatic hydroxyl groups is 1. The maximum absolute atomic E-state index is 13.5. The maximum atomic E-state index is 13.5. The Kier molecular flexibility index (Phi) is 5.03. The van der Waals surface area contributed by atoms with E-state index in [-0.39, 0.29) is 24.0 Å². The molecule has 1 aliphatic rings. The number of H-pyrrole nitrogens is 1. The van der Waals surface area contributed by atoms with Crippen molar-refractivity contribution in [3.63, 3.8) is 0 Å². The van der Waals surface area contributed by atoms with Crippen LogP contribution in [0.5, 0.6) is 5.75 Å². The van der Waals surface area contributed by atoms with E-state index in [4.69, 9.17) is 4.74 Å². The van der Waals surface area contributed by atoms with Gasteiger partial charge in [-0.3, -0.25) is 9.89 Å². The third-order valence-electron chi connectivity index (χ3n) is 4.57. The molecule has 2 aromatic rings. The Bertz CT molecular complexity index is 749. The van der Waals surface area contributed by atoms with Gasteiger partial charge in [0.15, 0.2) is 17.3 Å². The summed E-state index contributed by atoms with van der Waals surface area (Å²) in [6, 6.07) is 7.74. The van der Waals surface area contributed by atoms with Crippen LogP contribution >= 0.6 is 0 Å². The summed E-state index contributed by atoms with van der Waals surface area (Å²) in [5.74, 6) is -0.514. The lowest BCUT2D eigenvalue weighted by atomic mass is 9.90. The number of para-hydroxylation sites is 1. The second-order valence-corrected chi connectivity index (χ2v) is 6.41. The van der Waals surface area contributed by atoms with Gasteiger partial charge in [0.25, 0.3) is 5.91 Å². The Balaban J connectivity index is 1.63. The molecule has 2 N–H and O–H groups in total. The molecule has 1 saturated heterocycles. The van der Waals surface area contributed by atoms with E-state index in [1.165, 1.54) is 12.1 Å². The van der Waals surface area contributed by atoms with Crippen LogP contribution in [0.3, 0.4) is 0 Å². The number of piperidine rings is 1. The van der Waals surface area contributed by atoms with Crippen LogP contribution < -0.4 is 4.74 Å². The smallest absolute Gasteiger partial charge is 0.274 e. The number of β-amino-alcohol motifs (C(OH)–C–C–N with tert-alkyl or cyclic N) is 1. The molecule has 0 aliphatic carbocycles. The minimum Gasteiger partial charge on any atom is -0.484 e. The van der Waals surface area contributed by atoms with Crippen LogP contribution in [-0.2, 0) is 6.61 Å². The van der Waals surface area contributed by atoms with Crippen molar-refractivity contribution >= 4 is 5.91 Å². The first-order chi connectivity index (χ1) is 12.0. The van der Waals surface area contributed by atoms with Gasteiger partial charge < -0.3 is 14.7 Å². The summed E-state index contributed by atoms with van der Waals surface area (Å²) in [6.07, 6.45) is 2.08. The van der Waals surface area contributed by atoms with Gasteiger partial charge in [0, 0.05) is 13.1 Å². The van der Waals surface area contributed by atoms with Crippen molar-refractivity contribution in [2.75, 3.05) is 13.1 Å². The highest BCUT2D eigenvalue weighted by Crippen LogP contribution is 2.25. The number of nitrogens with zero attached hydrogens (tertiary/aromatic N) is 2. The number of ether oxygens (including phenoxy) is 1. The Morgan fingerprint density at radius 3 is 3.04 bits per heavy atom. The van der Waals surface area contributed by atoms with Gasteiger partial charge in [-0.1, -0.05) is 19.1 Å². The number of carbonyl (C=O) groups is 1. The molecule has 0 radical (unpaired) electrons. The van der Waals surface area contributed by atoms with Gasteiger partial charge in [-0.2, -0.15) is 5.10 Å². The molecular weight excluding hydrogens is 325 g/mol. The molecule has 1 aromatic heterocycles. The largest absolute Gasteiger partial charge is 0.484 e. The number of nitrogens with one attached hydrogen (secondary N) is 1. The monoisotopic (exact) mass is 347 g/mol. The Morgan fingerprint density at radius 2 is 2.28 bits per heavy atom. The molecule has 1 amide bonds. The van der Waals surface area contributed by atoms with E-state index in [2.05, 4.69) is 10.2 Å². The van der Waals surface area contributed by atoms with Crippen LogP contribution in [0, 0.1) is 5.82 Å². The molecule has 2 heterocycles. The molecule has 3 rings (SSSR count). The zero-order valence-corrected chi connectivity index (χ0v) is 14.2. The van der Waals surface area contributed by atoms with Crippen molar-refractivity contribution in [3.05, 3.63) is 47.5 Å². The molecule has 25 heavy (non-hydrogen) atoms. The average Bonchev–Trinajstić information content (AvgIpc) is 3.09. The van der Waals surface area contributed by atoms with E-state index < -0.39 is 11.4 Å². The summed E-state index contributed by atoms with van der Waals surface area (Å²) in [5.41, 5.74) is 0.0305. The fourth-order valence-electron chi connectivity index (χ4n) is 3.00. The quantitative estimate of drug-likeness (QED) is 0.871. The topological polar surface area (TPSA) is 78.5 Å². The summed E-state index contributed by atoms with van der Waals surface area (Å²) in [7, 11) is 0. The zero-order valence-electron chi connectivity index (χ0n) is 14.2. The van der Waals surface area contributed by atoms with Gasteiger partial charge in [0.2, 0.25) is 0 Å². The standard InChI is InChI=1S/C18H22FN3O3/c1-2-18(24)8-5-9-22(12-18)17(23)15-10-13(20-21-15)11-25-16-7-4-3-6-14(16)19/h3-4,6-7,10,24H,2,5,8-9,11-12H2,1H3,(H,20,21). The predicted octanol–water partition coefficient (Wildman–Crippen LogP) is 2.50. The van der Waals surface area contributed by atoms with Gasteiger partial charge in [-0.15, -0.1) is 0 Å². The lowest BCUT2D eigenvalue weighted by molar-refractivity contribution is -0.0271. The first-order valence-corrected chi connectivity index (χ1v) is 8.44. The third kappa shape index (κ3) is 3.99. The highest BCUT2D eigenvalue weighted by molar-refractivity contribution is 5.92. The Hall–Kier alpha value is -2.41. The van der Waals surface area contributed by atoms with Crippen molar-refractivity contribution in [3.8, 4) is 5.75 Å². The van der Waals surface area contributed by atoms with Crippen molar-refractivity contribution in [2.24, 2.45) is 0 Å². The fraction of sp³-hybridized carbons (Fsp3) is 0.444. The Morgan fingerprint density at radius 1 is 1.48 bits per heavy atom. The van der Waals surface area contributed by atoms with E-state index in [9.17, 15) is 14.3 Å². The van der Waals surface area contributed by atoms with Crippen LogP contribution in [0.15, 0.2) is 30.3 Å². The van der Waals surface area contributed by atoms with Gasteiger partial charge in [0.05, 0.1) is 11.3 Å². The first kappa shape index (κ1) is 17.4. The number of carbonyl (C=O) groups excluding carboxylic acids is 1. The summed E-state index contributed by atoms with van der Waals surface area (Å²) in [5, 5.41) is 17.2. The van der Waals surface area contributed by atoms with E-state index in [0.29, 0.717) is 31.6 Å². The van der Waals surface area contributed by atoms with Crippen molar-refractivity contribution in [2.45, 2.75) is 38.4 Å². The van der Waals surface area contributed by atoms with Gasteiger partial charge in [-0.05, 0) is 37.5 Å². The second kappa shape index (κ2) is 7.23. The van der Waals surface area contributed by atoms with E-state index >= 15 is 0 Å². The van der Waals surface area contributed by atoms with E-state index in [0.717, 1.165) is 6.42 Å². The van der Waals surface area contributed by atoms with E-state index in [1.807, 2.05) is 6.92 Å². The maximum Gasteiger partial charge on any atom is 0.274 e. The zero-order chi connectivity index (χ0) is 17.9. The number of rotatable bonds is 5. The first-order valence-electron chi connectivity index (χ1n) is 8.44. The van der Waals surface area contributed by atoms with Gasteiger partial charge in [0.1, 0.15) is 6.61 Å². The molecule has 0 spiro atoms. The highest BCUT2D eigenvalue weighted by atomic mass is 19.1. The lowest BCUT2D eigenvalue weighted by Crippen LogP contribution is -2.50. The van der Waals surface area contributed by atoms with Gasteiger partial charge >= 0.3 is 0 Å². The van der Waals surface area contributed by atoms with E-state index in [1.54, 1.807) is 23.1 Å². The molecule has 1 aromatic carbocycles. The molecule has 0 bridgehead atoms. The number of hydrogen-bond donors (Lipinski definition) is 2. The number of aromatic nitrogens is 2. The number of aromatic amines is 1. The minimum absolute atomic E-state index is 0.0834. The fourth-order valence-corrected chi connectivity index (χ4v) is 3.00. The summed E-state index contributed by atoms with van der Waals surface area (Å²) >= 11 is 0. The molecule has 6 nitrogen and oxygen atoms in total. The van der Waals surface area contributed by atoms with Crippen molar-refractivity contribution in [1.29, 1.82) is 0 Å². The normalized spacial score (nSPS) is 20.5. The number of likely N-dealkylation sites (tertiary alicyclic amines) is 1. The lowest BCUT2D eigenvalue weighted by Gasteiger charge is -2.38. The van der Waals surface area contributed by atoms with Gasteiger partial charge in [-0.25, -0.2) is 4.39 Å². The number of amides is 1. The van der Waals surface area contributed by atoms with Crippen molar-refractivity contribution in [1.82, 2.24) is 15.1 Å². The van der Waals surface area contributed by atoms with Crippen LogP contribution in [0.25, 0.3) is 0 Å². The second-order valence-electron chi connectivity index (χ2n) is 6.41. The summed E-state index contributed by atoms with van der Waals surface area (Å²) in [6.45, 7) is 2.92. The van der Waals surface area contributed by atoms with Crippen molar-refractivity contribution < 1.29 is 19.0 Å². The SMILES string of the molecule is CCC1(O)CCCN(C(=O)c2cc(COc3ccccc3F)[nH]n2)C1. The number of hydrogen-bond acceptors (Lipinski definition) is 4. The molecule has 1 atom stereocenters. The molecule has 1 unspecified atom stereocenters. The van der Waals surface area contributed by atoms with Crippen LogP contribution in [-0.4, -0.2) is 44.8 Å². The van der Waals surface area contributed by atoms with Crippen LogP contribution in [0.4, 0.5) is 4.39 Å². The molecule has 1 fully saturated rings. The summed E-state index contributed by atoms with van der Waals surface area (Å²) in [4.78, 5) is 14.2. The third-order valence-corrected chi connectivity index (χ3v) is 4.57. The average molecular weight is 347 g/mol. The predicted molar refractivity (Wildman–Crippen MR) is 89.7 cm³/mol. The highest BCUT2D eigenvalue weighted by Gasteiger charge is 2.34. The molecule has 134 valence electrons. The minimum atomic E-state index is -0.818. The number of halogens is 1. The summed E-state index contributed by atoms with van der Waals surface area (Å²) < 4.78 is 18.9. The molecule has 1 aliphatic heterocycles.